The zero-order valence-electron chi connectivity index (χ0n) is 11.6. The van der Waals surface area contributed by atoms with Crippen LogP contribution >= 0.6 is 11.3 Å². The molecule has 1 aromatic heterocycles. The Morgan fingerprint density at radius 1 is 1.35 bits per heavy atom. The van der Waals surface area contributed by atoms with Crippen molar-refractivity contribution in [3.05, 3.63) is 40.9 Å². The number of esters is 1. The van der Waals surface area contributed by atoms with E-state index in [0.717, 1.165) is 22.7 Å². The molecule has 0 spiro atoms. The predicted octanol–water partition coefficient (Wildman–Crippen LogP) is 3.40. The summed E-state index contributed by atoms with van der Waals surface area (Å²) in [6.45, 7) is 4.21. The van der Waals surface area contributed by atoms with E-state index in [2.05, 4.69) is 4.98 Å². The number of carbonyl (C=O) groups excluding carboxylic acids is 1. The van der Waals surface area contributed by atoms with E-state index < -0.39 is 0 Å². The minimum absolute atomic E-state index is 0.0150. The zero-order chi connectivity index (χ0) is 14.5. The first-order valence-electron chi connectivity index (χ1n) is 6.64. The highest BCUT2D eigenvalue weighted by Gasteiger charge is 2.11. The van der Waals surface area contributed by atoms with Crippen LogP contribution in [-0.4, -0.2) is 17.6 Å². The summed E-state index contributed by atoms with van der Waals surface area (Å²) >= 11 is 1.56. The number of benzene rings is 1. The second-order valence-electron chi connectivity index (χ2n) is 4.39. The fourth-order valence-corrected chi connectivity index (χ4v) is 2.65. The van der Waals surface area contributed by atoms with Gasteiger partial charge in [-0.15, -0.1) is 11.3 Å². The van der Waals surface area contributed by atoms with Gasteiger partial charge in [0.1, 0.15) is 5.01 Å². The molecule has 2 aromatic rings. The van der Waals surface area contributed by atoms with Crippen molar-refractivity contribution in [3.63, 3.8) is 0 Å². The fraction of sp³-hybridized carbons (Fsp3) is 0.333. The van der Waals surface area contributed by atoms with Gasteiger partial charge in [-0.05, 0) is 25.5 Å². The van der Waals surface area contributed by atoms with E-state index in [1.807, 2.05) is 24.4 Å². The molecule has 0 radical (unpaired) electrons. The van der Waals surface area contributed by atoms with Crippen LogP contribution in [0.1, 0.15) is 42.4 Å². The van der Waals surface area contributed by atoms with Crippen LogP contribution in [0, 0.1) is 0 Å². The molecule has 1 aromatic carbocycles. The molecule has 0 saturated heterocycles. The molecule has 1 heterocycles. The molecule has 0 aliphatic rings. The quantitative estimate of drug-likeness (QED) is 0.857. The maximum Gasteiger partial charge on any atom is 0.338 e. The lowest BCUT2D eigenvalue weighted by Crippen LogP contribution is -2.08. The number of nitrogens with two attached hydrogens (primary N) is 1. The molecule has 4 nitrogen and oxygen atoms in total. The van der Waals surface area contributed by atoms with Crippen molar-refractivity contribution in [2.45, 2.75) is 26.3 Å². The summed E-state index contributed by atoms with van der Waals surface area (Å²) in [5.74, 6) is -0.299. The van der Waals surface area contributed by atoms with E-state index in [0.29, 0.717) is 12.2 Å². The number of ether oxygens (including phenoxy) is 1. The normalized spacial score (nSPS) is 12.2. The van der Waals surface area contributed by atoms with Crippen LogP contribution < -0.4 is 5.73 Å². The lowest BCUT2D eigenvalue weighted by atomic mass is 10.1. The van der Waals surface area contributed by atoms with Gasteiger partial charge in [-0.3, -0.25) is 0 Å². The van der Waals surface area contributed by atoms with E-state index in [1.165, 1.54) is 0 Å². The van der Waals surface area contributed by atoms with Gasteiger partial charge in [0.25, 0.3) is 0 Å². The second-order valence-corrected chi connectivity index (χ2v) is 5.25. The topological polar surface area (TPSA) is 65.2 Å². The van der Waals surface area contributed by atoms with Gasteiger partial charge in [0.2, 0.25) is 0 Å². The van der Waals surface area contributed by atoms with Gasteiger partial charge in [-0.2, -0.15) is 0 Å². The van der Waals surface area contributed by atoms with Crippen molar-refractivity contribution < 1.29 is 9.53 Å². The number of carbonyl (C=O) groups is 1. The van der Waals surface area contributed by atoms with E-state index in [9.17, 15) is 4.79 Å². The van der Waals surface area contributed by atoms with Crippen molar-refractivity contribution >= 4 is 17.3 Å². The summed E-state index contributed by atoms with van der Waals surface area (Å²) in [6.07, 6.45) is 0.866. The maximum atomic E-state index is 11.6. The first kappa shape index (κ1) is 14.7. The molecule has 0 bridgehead atoms. The zero-order valence-corrected chi connectivity index (χ0v) is 12.4. The standard InChI is InChI=1S/C15H18N2O2S/c1-3-12(16)13-9-20-14(17-13)10-5-7-11(8-6-10)15(18)19-4-2/h5-9,12H,3-4,16H2,1-2H3. The SMILES string of the molecule is CCOC(=O)c1ccc(-c2nc(C(N)CC)cs2)cc1. The number of nitrogens with zero attached hydrogens (tertiary/aromatic N) is 1. The third-order valence-electron chi connectivity index (χ3n) is 2.98. The van der Waals surface area contributed by atoms with Crippen molar-refractivity contribution in [3.8, 4) is 10.6 Å². The Morgan fingerprint density at radius 2 is 2.05 bits per heavy atom. The fourth-order valence-electron chi connectivity index (χ4n) is 1.76. The van der Waals surface area contributed by atoms with E-state index in [1.54, 1.807) is 30.4 Å². The molecule has 5 heteroatoms. The van der Waals surface area contributed by atoms with Gasteiger partial charge >= 0.3 is 5.97 Å². The lowest BCUT2D eigenvalue weighted by molar-refractivity contribution is 0.0526. The number of hydrogen-bond acceptors (Lipinski definition) is 5. The molecule has 0 fully saturated rings. The third kappa shape index (κ3) is 3.23. The Hall–Kier alpha value is -1.72. The Balaban J connectivity index is 2.17. The predicted molar refractivity (Wildman–Crippen MR) is 80.7 cm³/mol. The van der Waals surface area contributed by atoms with Gasteiger partial charge < -0.3 is 10.5 Å². The first-order chi connectivity index (χ1) is 9.65. The van der Waals surface area contributed by atoms with Gasteiger partial charge in [0, 0.05) is 17.0 Å². The number of aromatic nitrogens is 1. The Morgan fingerprint density at radius 3 is 2.65 bits per heavy atom. The molecule has 0 aliphatic carbocycles. The Bertz CT molecular complexity index is 578. The summed E-state index contributed by atoms with van der Waals surface area (Å²) in [5, 5.41) is 2.90. The average Bonchev–Trinajstić information content (AvgIpc) is 2.96. The first-order valence-corrected chi connectivity index (χ1v) is 7.52. The lowest BCUT2D eigenvalue weighted by Gasteiger charge is -2.04. The smallest absolute Gasteiger partial charge is 0.338 e. The average molecular weight is 290 g/mol. The highest BCUT2D eigenvalue weighted by molar-refractivity contribution is 7.13. The summed E-state index contributed by atoms with van der Waals surface area (Å²) < 4.78 is 4.96. The third-order valence-corrected chi connectivity index (χ3v) is 3.89. The van der Waals surface area contributed by atoms with Crippen LogP contribution in [0.25, 0.3) is 10.6 Å². The second kappa shape index (κ2) is 6.63. The van der Waals surface area contributed by atoms with Gasteiger partial charge in [-0.1, -0.05) is 19.1 Å². The molecule has 2 rings (SSSR count). The molecule has 2 N–H and O–H groups in total. The Kier molecular flexibility index (Phi) is 4.87. The van der Waals surface area contributed by atoms with Crippen LogP contribution in [0.2, 0.25) is 0 Å². The minimum atomic E-state index is -0.299. The van der Waals surface area contributed by atoms with Gasteiger partial charge in [-0.25, -0.2) is 9.78 Å². The van der Waals surface area contributed by atoms with E-state index in [-0.39, 0.29) is 12.0 Å². The van der Waals surface area contributed by atoms with Crippen LogP contribution in [-0.2, 0) is 4.74 Å². The van der Waals surface area contributed by atoms with E-state index >= 15 is 0 Å². The highest BCUT2D eigenvalue weighted by atomic mass is 32.1. The van der Waals surface area contributed by atoms with Crippen LogP contribution in [0.3, 0.4) is 0 Å². The van der Waals surface area contributed by atoms with Crippen molar-refractivity contribution in [2.24, 2.45) is 5.73 Å². The van der Waals surface area contributed by atoms with Crippen molar-refractivity contribution in [1.82, 2.24) is 4.98 Å². The highest BCUT2D eigenvalue weighted by Crippen LogP contribution is 2.26. The molecule has 1 atom stereocenters. The largest absolute Gasteiger partial charge is 0.462 e. The molecule has 106 valence electrons. The van der Waals surface area contributed by atoms with Crippen molar-refractivity contribution in [1.29, 1.82) is 0 Å². The van der Waals surface area contributed by atoms with Crippen LogP contribution in [0.4, 0.5) is 0 Å². The summed E-state index contributed by atoms with van der Waals surface area (Å²) in [6, 6.07) is 7.26. The summed E-state index contributed by atoms with van der Waals surface area (Å²) in [5.41, 5.74) is 8.42. The minimum Gasteiger partial charge on any atom is -0.462 e. The molecule has 0 saturated carbocycles. The molecular weight excluding hydrogens is 272 g/mol. The Labute approximate surface area is 122 Å². The maximum absolute atomic E-state index is 11.6. The molecule has 20 heavy (non-hydrogen) atoms. The summed E-state index contributed by atoms with van der Waals surface area (Å²) in [4.78, 5) is 16.1. The number of thiazole rings is 1. The molecular formula is C15H18N2O2S. The van der Waals surface area contributed by atoms with Crippen LogP contribution in [0.5, 0.6) is 0 Å². The van der Waals surface area contributed by atoms with Gasteiger partial charge in [0.05, 0.1) is 17.9 Å². The number of hydrogen-bond donors (Lipinski definition) is 1. The van der Waals surface area contributed by atoms with E-state index in [4.69, 9.17) is 10.5 Å². The summed E-state index contributed by atoms with van der Waals surface area (Å²) in [7, 11) is 0. The van der Waals surface area contributed by atoms with Crippen LogP contribution in [0.15, 0.2) is 29.6 Å². The number of rotatable bonds is 5. The monoisotopic (exact) mass is 290 g/mol. The van der Waals surface area contributed by atoms with Crippen molar-refractivity contribution in [2.75, 3.05) is 6.61 Å². The molecule has 0 aliphatic heterocycles. The molecule has 0 amide bonds. The van der Waals surface area contributed by atoms with Gasteiger partial charge in [0.15, 0.2) is 0 Å². The molecule has 1 unspecified atom stereocenters.